The summed E-state index contributed by atoms with van der Waals surface area (Å²) < 4.78 is 6.33. The van der Waals surface area contributed by atoms with Crippen molar-refractivity contribution in [2.45, 2.75) is 12.2 Å². The van der Waals surface area contributed by atoms with Gasteiger partial charge in [-0.15, -0.1) is 0 Å². The molecule has 0 spiro atoms. The fourth-order valence-corrected chi connectivity index (χ4v) is 3.40. The number of hydrogen-bond donors (Lipinski definition) is 1. The first-order valence-electron chi connectivity index (χ1n) is 7.86. The highest BCUT2D eigenvalue weighted by molar-refractivity contribution is 5.61. The molecule has 0 radical (unpaired) electrons. The Morgan fingerprint density at radius 1 is 1.00 bits per heavy atom. The summed E-state index contributed by atoms with van der Waals surface area (Å²) >= 11 is 0. The van der Waals surface area contributed by atoms with Crippen molar-refractivity contribution in [2.24, 2.45) is 0 Å². The monoisotopic (exact) mass is 315 g/mol. The maximum absolute atomic E-state index is 10.5. The van der Waals surface area contributed by atoms with Crippen LogP contribution in [0.1, 0.15) is 27.9 Å². The van der Waals surface area contributed by atoms with E-state index in [9.17, 15) is 5.11 Å². The van der Waals surface area contributed by atoms with Crippen LogP contribution in [0.4, 0.5) is 0 Å². The van der Waals surface area contributed by atoms with Gasteiger partial charge in [0, 0.05) is 17.3 Å². The molecular formula is C21H17NO2. The van der Waals surface area contributed by atoms with Crippen molar-refractivity contribution in [3.05, 3.63) is 101 Å². The SMILES string of the molecule is C=Cc1ncc2c(c1O)COC2(c1ccccc1)c1ccccc1. The van der Waals surface area contributed by atoms with Crippen molar-refractivity contribution >= 4 is 6.08 Å². The van der Waals surface area contributed by atoms with E-state index in [4.69, 9.17) is 4.74 Å². The molecule has 1 aromatic heterocycles. The third-order valence-corrected chi connectivity index (χ3v) is 4.55. The van der Waals surface area contributed by atoms with Gasteiger partial charge >= 0.3 is 0 Å². The van der Waals surface area contributed by atoms with Crippen LogP contribution in [0.5, 0.6) is 5.75 Å². The van der Waals surface area contributed by atoms with E-state index in [0.717, 1.165) is 22.3 Å². The van der Waals surface area contributed by atoms with Crippen molar-refractivity contribution in [3.8, 4) is 5.75 Å². The summed E-state index contributed by atoms with van der Waals surface area (Å²) in [6.07, 6.45) is 3.35. The maximum Gasteiger partial charge on any atom is 0.147 e. The lowest BCUT2D eigenvalue weighted by Crippen LogP contribution is -2.28. The van der Waals surface area contributed by atoms with Crippen LogP contribution in [-0.2, 0) is 16.9 Å². The number of benzene rings is 2. The van der Waals surface area contributed by atoms with Crippen LogP contribution >= 0.6 is 0 Å². The fraction of sp³-hybridized carbons (Fsp3) is 0.0952. The van der Waals surface area contributed by atoms with Crippen molar-refractivity contribution in [2.75, 3.05) is 0 Å². The molecule has 1 aliphatic heterocycles. The summed E-state index contributed by atoms with van der Waals surface area (Å²) in [5.74, 6) is 0.149. The molecule has 0 bridgehead atoms. The molecule has 24 heavy (non-hydrogen) atoms. The minimum absolute atomic E-state index is 0.149. The first-order valence-corrected chi connectivity index (χ1v) is 7.86. The fourth-order valence-electron chi connectivity index (χ4n) is 3.40. The van der Waals surface area contributed by atoms with Gasteiger partial charge < -0.3 is 9.84 Å². The summed E-state index contributed by atoms with van der Waals surface area (Å²) in [7, 11) is 0. The van der Waals surface area contributed by atoms with Gasteiger partial charge in [0.15, 0.2) is 0 Å². The molecule has 3 heteroatoms. The number of pyridine rings is 1. The first kappa shape index (κ1) is 14.7. The molecule has 0 atom stereocenters. The van der Waals surface area contributed by atoms with Crippen LogP contribution in [0, 0.1) is 0 Å². The Morgan fingerprint density at radius 2 is 1.58 bits per heavy atom. The lowest BCUT2D eigenvalue weighted by Gasteiger charge is -2.30. The molecule has 118 valence electrons. The Bertz CT molecular complexity index is 849. The van der Waals surface area contributed by atoms with E-state index >= 15 is 0 Å². The average Bonchev–Trinajstić information content (AvgIpc) is 3.05. The van der Waals surface area contributed by atoms with E-state index in [-0.39, 0.29) is 5.75 Å². The van der Waals surface area contributed by atoms with Crippen LogP contribution < -0.4 is 0 Å². The van der Waals surface area contributed by atoms with Crippen molar-refractivity contribution in [1.82, 2.24) is 4.98 Å². The van der Waals surface area contributed by atoms with E-state index < -0.39 is 5.60 Å². The summed E-state index contributed by atoms with van der Waals surface area (Å²) in [5.41, 5.74) is 3.40. The van der Waals surface area contributed by atoms with Gasteiger partial charge in [-0.1, -0.05) is 67.2 Å². The van der Waals surface area contributed by atoms with E-state index in [2.05, 4.69) is 11.6 Å². The van der Waals surface area contributed by atoms with E-state index in [1.807, 2.05) is 60.7 Å². The number of aromatic nitrogens is 1. The van der Waals surface area contributed by atoms with Crippen LogP contribution in [-0.4, -0.2) is 10.1 Å². The standard InChI is InChI=1S/C21H17NO2/c1-2-19-20(23)17-14-24-21(18(17)13-22-19,15-9-5-3-6-10-15)16-11-7-4-8-12-16/h2-13,23H,1,14H2. The second-order valence-corrected chi connectivity index (χ2v) is 5.79. The van der Waals surface area contributed by atoms with Crippen LogP contribution in [0.2, 0.25) is 0 Å². The van der Waals surface area contributed by atoms with Gasteiger partial charge in [-0.05, 0) is 17.2 Å². The van der Waals surface area contributed by atoms with Gasteiger partial charge in [-0.25, -0.2) is 0 Å². The number of aromatic hydroxyl groups is 1. The van der Waals surface area contributed by atoms with Gasteiger partial charge in [0.05, 0.1) is 6.61 Å². The molecule has 1 N–H and O–H groups in total. The molecule has 0 unspecified atom stereocenters. The molecule has 3 aromatic rings. The van der Waals surface area contributed by atoms with Crippen LogP contribution in [0.15, 0.2) is 73.4 Å². The number of fused-ring (bicyclic) bond motifs is 1. The third kappa shape index (κ3) is 1.99. The van der Waals surface area contributed by atoms with Gasteiger partial charge in [-0.2, -0.15) is 0 Å². The molecule has 0 aliphatic carbocycles. The highest BCUT2D eigenvalue weighted by Crippen LogP contribution is 2.49. The summed E-state index contributed by atoms with van der Waals surface area (Å²) in [6, 6.07) is 20.1. The lowest BCUT2D eigenvalue weighted by molar-refractivity contribution is 0.0263. The lowest BCUT2D eigenvalue weighted by atomic mass is 9.80. The molecule has 1 aliphatic rings. The highest BCUT2D eigenvalue weighted by Gasteiger charge is 2.45. The molecule has 0 fully saturated rings. The first-order chi connectivity index (χ1) is 11.8. The van der Waals surface area contributed by atoms with Crippen molar-refractivity contribution in [1.29, 1.82) is 0 Å². The molecule has 3 nitrogen and oxygen atoms in total. The van der Waals surface area contributed by atoms with Crippen LogP contribution in [0.3, 0.4) is 0 Å². The maximum atomic E-state index is 10.5. The quantitative estimate of drug-likeness (QED) is 0.785. The predicted molar refractivity (Wildman–Crippen MR) is 93.5 cm³/mol. The Morgan fingerprint density at radius 3 is 2.12 bits per heavy atom. The summed E-state index contributed by atoms with van der Waals surface area (Å²) in [5, 5.41) is 10.5. The van der Waals surface area contributed by atoms with E-state index in [1.54, 1.807) is 12.3 Å². The largest absolute Gasteiger partial charge is 0.505 e. The average molecular weight is 315 g/mol. The molecular weight excluding hydrogens is 298 g/mol. The second kappa shape index (κ2) is 5.62. The van der Waals surface area contributed by atoms with Gasteiger partial charge in [0.1, 0.15) is 17.0 Å². The minimum Gasteiger partial charge on any atom is -0.505 e. The number of ether oxygens (including phenoxy) is 1. The predicted octanol–water partition coefficient (Wildman–Crippen LogP) is 4.25. The number of rotatable bonds is 3. The normalized spacial score (nSPS) is 15.0. The Kier molecular flexibility index (Phi) is 3.44. The number of nitrogens with zero attached hydrogens (tertiary/aromatic N) is 1. The molecule has 0 amide bonds. The second-order valence-electron chi connectivity index (χ2n) is 5.79. The zero-order valence-electron chi connectivity index (χ0n) is 13.1. The Labute approximate surface area is 140 Å². The van der Waals surface area contributed by atoms with Gasteiger partial charge in [0.2, 0.25) is 0 Å². The molecule has 2 heterocycles. The van der Waals surface area contributed by atoms with Crippen molar-refractivity contribution < 1.29 is 9.84 Å². The number of hydrogen-bond acceptors (Lipinski definition) is 3. The molecule has 4 rings (SSSR count). The zero-order chi connectivity index (χ0) is 16.6. The van der Waals surface area contributed by atoms with Gasteiger partial charge in [-0.3, -0.25) is 4.98 Å². The minimum atomic E-state index is -0.762. The summed E-state index contributed by atoms with van der Waals surface area (Å²) in [4.78, 5) is 4.37. The highest BCUT2D eigenvalue weighted by atomic mass is 16.5. The molecule has 0 saturated heterocycles. The van der Waals surface area contributed by atoms with Crippen molar-refractivity contribution in [3.63, 3.8) is 0 Å². The van der Waals surface area contributed by atoms with Gasteiger partial charge in [0.25, 0.3) is 0 Å². The van der Waals surface area contributed by atoms with E-state index in [1.165, 1.54) is 0 Å². The molecule has 2 aromatic carbocycles. The topological polar surface area (TPSA) is 42.4 Å². The smallest absolute Gasteiger partial charge is 0.147 e. The molecule has 0 saturated carbocycles. The zero-order valence-corrected chi connectivity index (χ0v) is 13.1. The Balaban J connectivity index is 2.03. The van der Waals surface area contributed by atoms with Crippen LogP contribution in [0.25, 0.3) is 6.08 Å². The third-order valence-electron chi connectivity index (χ3n) is 4.55. The Hall–Kier alpha value is -2.91. The van der Waals surface area contributed by atoms with E-state index in [0.29, 0.717) is 12.3 Å². The summed E-state index contributed by atoms with van der Waals surface area (Å²) in [6.45, 7) is 4.03.